The molecule has 2 amide bonds. The predicted octanol–water partition coefficient (Wildman–Crippen LogP) is 3.15. The first-order valence-corrected chi connectivity index (χ1v) is 10.3. The maximum absolute atomic E-state index is 12.8. The van der Waals surface area contributed by atoms with Crippen LogP contribution in [0.25, 0.3) is 0 Å². The summed E-state index contributed by atoms with van der Waals surface area (Å²) >= 11 is 5.96. The van der Waals surface area contributed by atoms with Crippen molar-refractivity contribution in [2.24, 2.45) is 4.99 Å². The van der Waals surface area contributed by atoms with Gasteiger partial charge in [-0.25, -0.2) is 0 Å². The average Bonchev–Trinajstić information content (AvgIpc) is 2.77. The predicted molar refractivity (Wildman–Crippen MR) is 122 cm³/mol. The maximum Gasteiger partial charge on any atom is 0.298 e. The fourth-order valence-electron chi connectivity index (χ4n) is 3.55. The van der Waals surface area contributed by atoms with E-state index in [2.05, 4.69) is 23.6 Å². The van der Waals surface area contributed by atoms with E-state index in [0.29, 0.717) is 42.2 Å². The lowest BCUT2D eigenvalue weighted by molar-refractivity contribution is -0.129. The number of rotatable bonds is 4. The number of hydrogen-bond acceptors (Lipinski definition) is 4. The van der Waals surface area contributed by atoms with Crippen molar-refractivity contribution in [3.05, 3.63) is 64.7 Å². The van der Waals surface area contributed by atoms with E-state index in [1.165, 1.54) is 4.90 Å². The molecule has 0 saturated carbocycles. The van der Waals surface area contributed by atoms with Gasteiger partial charge in [0.25, 0.3) is 11.8 Å². The molecule has 0 atom stereocenters. The van der Waals surface area contributed by atoms with Crippen molar-refractivity contribution >= 4 is 35.8 Å². The molecule has 0 aliphatic carbocycles. The van der Waals surface area contributed by atoms with Crippen LogP contribution in [-0.2, 0) is 4.79 Å². The van der Waals surface area contributed by atoms with Gasteiger partial charge in [-0.15, -0.1) is 0 Å². The fourth-order valence-corrected chi connectivity index (χ4v) is 3.71. The van der Waals surface area contributed by atoms with Crippen LogP contribution in [0.15, 0.2) is 53.5 Å². The molecule has 2 aromatic carbocycles. The van der Waals surface area contributed by atoms with Crippen molar-refractivity contribution in [1.29, 1.82) is 0 Å². The number of piperidine rings is 1. The van der Waals surface area contributed by atoms with E-state index in [1.54, 1.807) is 30.1 Å². The van der Waals surface area contributed by atoms with Gasteiger partial charge in [0.15, 0.2) is 0 Å². The Morgan fingerprint density at radius 2 is 1.90 bits per heavy atom. The van der Waals surface area contributed by atoms with Gasteiger partial charge < -0.3 is 14.9 Å². The van der Waals surface area contributed by atoms with Crippen LogP contribution in [0, 0.1) is 11.8 Å². The second kappa shape index (κ2) is 9.78. The smallest absolute Gasteiger partial charge is 0.298 e. The van der Waals surface area contributed by atoms with Crippen LogP contribution in [0.5, 0.6) is 0 Å². The van der Waals surface area contributed by atoms with E-state index in [0.717, 1.165) is 5.56 Å². The highest BCUT2D eigenvalue weighted by atomic mass is 35.5. The lowest BCUT2D eigenvalue weighted by Gasteiger charge is -2.39. The average molecular weight is 438 g/mol. The molecule has 0 unspecified atom stereocenters. The van der Waals surface area contributed by atoms with Crippen LogP contribution in [0.3, 0.4) is 0 Å². The standard InChI is InChI=1S/C24H24ClN3O3/c1-26-21-16-19(25)9-10-20(21)23(30)27(2)17-24(31)12-14-28(15-13-24)22(29)11-8-18-6-4-3-5-7-18/h3-7,9-10,16,31H,1,12-15,17H2,2H3. The minimum atomic E-state index is -1.08. The van der Waals surface area contributed by atoms with E-state index in [1.807, 2.05) is 30.3 Å². The van der Waals surface area contributed by atoms with Crippen molar-refractivity contribution in [3.8, 4) is 11.8 Å². The Morgan fingerprint density at radius 1 is 1.23 bits per heavy atom. The van der Waals surface area contributed by atoms with Gasteiger partial charge in [-0.3, -0.25) is 14.6 Å². The molecule has 1 aliphatic heterocycles. The van der Waals surface area contributed by atoms with E-state index in [4.69, 9.17) is 11.6 Å². The number of likely N-dealkylation sites (N-methyl/N-ethyl adjacent to an activating group) is 1. The summed E-state index contributed by atoms with van der Waals surface area (Å²) in [4.78, 5) is 32.2. The summed E-state index contributed by atoms with van der Waals surface area (Å²) in [6.07, 6.45) is 0.715. The third-order valence-corrected chi connectivity index (χ3v) is 5.54. The van der Waals surface area contributed by atoms with E-state index < -0.39 is 5.60 Å². The van der Waals surface area contributed by atoms with Gasteiger partial charge in [0, 0.05) is 43.2 Å². The Bertz CT molecular complexity index is 1040. The number of hydrogen-bond donors (Lipinski definition) is 1. The Kier molecular flexibility index (Phi) is 7.11. The van der Waals surface area contributed by atoms with Crippen molar-refractivity contribution in [2.45, 2.75) is 18.4 Å². The molecule has 6 nitrogen and oxygen atoms in total. The first kappa shape index (κ1) is 22.5. The monoisotopic (exact) mass is 437 g/mol. The molecule has 31 heavy (non-hydrogen) atoms. The number of likely N-dealkylation sites (tertiary alicyclic amines) is 1. The number of carbonyl (C=O) groups excluding carboxylic acids is 2. The molecule has 160 valence electrons. The molecule has 3 rings (SSSR count). The third-order valence-electron chi connectivity index (χ3n) is 5.31. The number of carbonyl (C=O) groups is 2. The molecule has 1 N–H and O–H groups in total. The summed E-state index contributed by atoms with van der Waals surface area (Å²) in [5, 5.41) is 11.5. The SMILES string of the molecule is C=Nc1cc(Cl)ccc1C(=O)N(C)CC1(O)CCN(C(=O)C#Cc2ccccc2)CC1. The van der Waals surface area contributed by atoms with Crippen LogP contribution in [-0.4, -0.2) is 65.7 Å². The topological polar surface area (TPSA) is 73.2 Å². The van der Waals surface area contributed by atoms with Gasteiger partial charge in [-0.05, 0) is 49.9 Å². The lowest BCUT2D eigenvalue weighted by atomic mass is 9.90. The first-order valence-electron chi connectivity index (χ1n) is 9.91. The first-order chi connectivity index (χ1) is 14.8. The molecule has 0 aromatic heterocycles. The van der Waals surface area contributed by atoms with Gasteiger partial charge in [-0.2, -0.15) is 0 Å². The number of halogens is 1. The van der Waals surface area contributed by atoms with Crippen molar-refractivity contribution in [3.63, 3.8) is 0 Å². The molecule has 1 aliphatic rings. The summed E-state index contributed by atoms with van der Waals surface area (Å²) in [6, 6.07) is 14.1. The minimum absolute atomic E-state index is 0.142. The van der Waals surface area contributed by atoms with E-state index >= 15 is 0 Å². The molecule has 0 spiro atoms. The molecule has 1 heterocycles. The summed E-state index contributed by atoms with van der Waals surface area (Å²) in [6.45, 7) is 4.38. The van der Waals surface area contributed by atoms with Crippen molar-refractivity contribution in [2.75, 3.05) is 26.7 Å². The van der Waals surface area contributed by atoms with Crippen LogP contribution in [0.2, 0.25) is 5.02 Å². The Hall–Kier alpha value is -3.14. The zero-order valence-electron chi connectivity index (χ0n) is 17.3. The number of aliphatic imine (C=N–C) groups is 1. The zero-order chi connectivity index (χ0) is 22.4. The molecule has 2 aromatic rings. The van der Waals surface area contributed by atoms with Crippen molar-refractivity contribution in [1.82, 2.24) is 9.80 Å². The van der Waals surface area contributed by atoms with Gasteiger partial charge in [0.2, 0.25) is 0 Å². The highest BCUT2D eigenvalue weighted by molar-refractivity contribution is 6.31. The second-order valence-electron chi connectivity index (χ2n) is 7.61. The second-order valence-corrected chi connectivity index (χ2v) is 8.05. The van der Waals surface area contributed by atoms with Gasteiger partial charge in [0.05, 0.1) is 16.9 Å². The van der Waals surface area contributed by atoms with Crippen LogP contribution >= 0.6 is 11.6 Å². The van der Waals surface area contributed by atoms with Crippen LogP contribution in [0.4, 0.5) is 5.69 Å². The minimum Gasteiger partial charge on any atom is -0.388 e. The molecule has 1 fully saturated rings. The Morgan fingerprint density at radius 3 is 2.55 bits per heavy atom. The van der Waals surface area contributed by atoms with Gasteiger partial charge >= 0.3 is 0 Å². The van der Waals surface area contributed by atoms with E-state index in [9.17, 15) is 14.7 Å². The molecule has 1 saturated heterocycles. The Balaban J connectivity index is 1.59. The molecule has 0 radical (unpaired) electrons. The number of benzene rings is 2. The quantitative estimate of drug-likeness (QED) is 0.590. The molecule has 7 heteroatoms. The highest BCUT2D eigenvalue weighted by Gasteiger charge is 2.36. The Labute approximate surface area is 187 Å². The fraction of sp³-hybridized carbons (Fsp3) is 0.292. The van der Waals surface area contributed by atoms with Gasteiger partial charge in [-0.1, -0.05) is 35.7 Å². The largest absolute Gasteiger partial charge is 0.388 e. The summed E-state index contributed by atoms with van der Waals surface area (Å²) in [5.74, 6) is 4.98. The zero-order valence-corrected chi connectivity index (χ0v) is 18.1. The highest BCUT2D eigenvalue weighted by Crippen LogP contribution is 2.27. The summed E-state index contributed by atoms with van der Waals surface area (Å²) in [5.41, 5.74) is 0.463. The van der Waals surface area contributed by atoms with Crippen molar-refractivity contribution < 1.29 is 14.7 Å². The summed E-state index contributed by atoms with van der Waals surface area (Å²) < 4.78 is 0. The lowest BCUT2D eigenvalue weighted by Crippen LogP contribution is -2.52. The maximum atomic E-state index is 12.8. The number of aliphatic hydroxyl groups is 1. The number of amides is 2. The molecular formula is C24H24ClN3O3. The normalized spacial score (nSPS) is 14.9. The molecular weight excluding hydrogens is 414 g/mol. The summed E-state index contributed by atoms with van der Waals surface area (Å²) in [7, 11) is 1.63. The van der Waals surface area contributed by atoms with E-state index in [-0.39, 0.29) is 18.4 Å². The van der Waals surface area contributed by atoms with Crippen LogP contribution < -0.4 is 0 Å². The third kappa shape index (κ3) is 5.72. The number of nitrogens with zero attached hydrogens (tertiary/aromatic N) is 3. The van der Waals surface area contributed by atoms with Crippen LogP contribution in [0.1, 0.15) is 28.8 Å². The molecule has 0 bridgehead atoms. The van der Waals surface area contributed by atoms with Gasteiger partial charge in [0.1, 0.15) is 0 Å².